The van der Waals surface area contributed by atoms with Crippen LogP contribution in [0.1, 0.15) is 18.9 Å². The standard InChI is InChI=1S/C10H15NO2/c1-2-5-11-9-3-4-10(13)8(6-9)7-12/h3-4,6,11-13H,2,5,7H2,1H3. The highest BCUT2D eigenvalue weighted by Crippen LogP contribution is 2.21. The molecule has 0 unspecified atom stereocenters. The summed E-state index contributed by atoms with van der Waals surface area (Å²) in [7, 11) is 0. The van der Waals surface area contributed by atoms with Gasteiger partial charge in [-0.1, -0.05) is 6.92 Å². The second kappa shape index (κ2) is 4.72. The number of anilines is 1. The summed E-state index contributed by atoms with van der Waals surface area (Å²) in [6.07, 6.45) is 1.05. The smallest absolute Gasteiger partial charge is 0.121 e. The van der Waals surface area contributed by atoms with Crippen molar-refractivity contribution in [3.05, 3.63) is 23.8 Å². The molecule has 1 aromatic carbocycles. The Morgan fingerprint density at radius 1 is 1.38 bits per heavy atom. The molecule has 0 fully saturated rings. The van der Waals surface area contributed by atoms with Gasteiger partial charge in [-0.15, -0.1) is 0 Å². The van der Waals surface area contributed by atoms with Crippen molar-refractivity contribution in [3.8, 4) is 5.75 Å². The molecule has 0 saturated carbocycles. The molecule has 3 heteroatoms. The fraction of sp³-hybridized carbons (Fsp3) is 0.400. The maximum Gasteiger partial charge on any atom is 0.121 e. The van der Waals surface area contributed by atoms with Gasteiger partial charge in [0.05, 0.1) is 6.61 Å². The maximum atomic E-state index is 9.27. The fourth-order valence-corrected chi connectivity index (χ4v) is 1.09. The molecule has 1 rings (SSSR count). The van der Waals surface area contributed by atoms with Gasteiger partial charge >= 0.3 is 0 Å². The normalized spacial score (nSPS) is 10.0. The first-order valence-corrected chi connectivity index (χ1v) is 4.44. The van der Waals surface area contributed by atoms with E-state index in [0.29, 0.717) is 5.56 Å². The SMILES string of the molecule is CCCNc1ccc(O)c(CO)c1. The number of hydrogen-bond donors (Lipinski definition) is 3. The van der Waals surface area contributed by atoms with E-state index in [-0.39, 0.29) is 12.4 Å². The number of aliphatic hydroxyl groups excluding tert-OH is 1. The number of aliphatic hydroxyl groups is 1. The topological polar surface area (TPSA) is 52.5 Å². The lowest BCUT2D eigenvalue weighted by atomic mass is 10.2. The molecular formula is C10H15NO2. The van der Waals surface area contributed by atoms with Crippen molar-refractivity contribution in [2.45, 2.75) is 20.0 Å². The van der Waals surface area contributed by atoms with Crippen LogP contribution in [0, 0.1) is 0 Å². The minimum atomic E-state index is -0.131. The van der Waals surface area contributed by atoms with E-state index in [1.54, 1.807) is 18.2 Å². The summed E-state index contributed by atoms with van der Waals surface area (Å²) in [5.74, 6) is 0.143. The van der Waals surface area contributed by atoms with Gasteiger partial charge in [-0.05, 0) is 24.6 Å². The van der Waals surface area contributed by atoms with Gasteiger partial charge in [0.15, 0.2) is 0 Å². The lowest BCUT2D eigenvalue weighted by molar-refractivity contribution is 0.275. The highest BCUT2D eigenvalue weighted by Gasteiger charge is 2.00. The van der Waals surface area contributed by atoms with E-state index in [0.717, 1.165) is 18.7 Å². The second-order valence-corrected chi connectivity index (χ2v) is 2.93. The molecule has 1 aromatic rings. The van der Waals surface area contributed by atoms with E-state index in [9.17, 15) is 5.11 Å². The summed E-state index contributed by atoms with van der Waals surface area (Å²) in [5, 5.41) is 21.3. The van der Waals surface area contributed by atoms with E-state index in [1.165, 1.54) is 0 Å². The molecule has 0 spiro atoms. The molecule has 0 aliphatic carbocycles. The van der Waals surface area contributed by atoms with Crippen molar-refractivity contribution in [1.29, 1.82) is 0 Å². The molecule has 72 valence electrons. The van der Waals surface area contributed by atoms with E-state index in [1.807, 2.05) is 0 Å². The third-order valence-electron chi connectivity index (χ3n) is 1.83. The lowest BCUT2D eigenvalue weighted by Crippen LogP contribution is -2.00. The minimum absolute atomic E-state index is 0.131. The van der Waals surface area contributed by atoms with Crippen molar-refractivity contribution in [1.82, 2.24) is 0 Å². The maximum absolute atomic E-state index is 9.27. The number of benzene rings is 1. The van der Waals surface area contributed by atoms with E-state index >= 15 is 0 Å². The fourth-order valence-electron chi connectivity index (χ4n) is 1.09. The summed E-state index contributed by atoms with van der Waals surface area (Å²) in [6, 6.07) is 5.14. The Kier molecular flexibility index (Phi) is 3.58. The Bertz CT molecular complexity index is 274. The van der Waals surface area contributed by atoms with Gasteiger partial charge in [0.1, 0.15) is 5.75 Å². The van der Waals surface area contributed by atoms with Crippen LogP contribution < -0.4 is 5.32 Å². The van der Waals surface area contributed by atoms with Crippen molar-refractivity contribution in [2.24, 2.45) is 0 Å². The van der Waals surface area contributed by atoms with Crippen LogP contribution in [0.2, 0.25) is 0 Å². The number of nitrogens with one attached hydrogen (secondary N) is 1. The van der Waals surface area contributed by atoms with Gasteiger partial charge in [-0.3, -0.25) is 0 Å². The van der Waals surface area contributed by atoms with Crippen molar-refractivity contribution in [2.75, 3.05) is 11.9 Å². The zero-order chi connectivity index (χ0) is 9.68. The van der Waals surface area contributed by atoms with Crippen LogP contribution in [-0.4, -0.2) is 16.8 Å². The molecule has 3 nitrogen and oxygen atoms in total. The molecule has 3 N–H and O–H groups in total. The first-order valence-electron chi connectivity index (χ1n) is 4.44. The van der Waals surface area contributed by atoms with E-state index in [4.69, 9.17) is 5.11 Å². The zero-order valence-electron chi connectivity index (χ0n) is 7.75. The molecule has 0 aromatic heterocycles. The second-order valence-electron chi connectivity index (χ2n) is 2.93. The van der Waals surface area contributed by atoms with Crippen LogP contribution >= 0.6 is 0 Å². The van der Waals surface area contributed by atoms with Crippen LogP contribution in [0.25, 0.3) is 0 Å². The van der Waals surface area contributed by atoms with Crippen molar-refractivity contribution < 1.29 is 10.2 Å². The Hall–Kier alpha value is -1.22. The highest BCUT2D eigenvalue weighted by molar-refractivity contribution is 5.50. The molecule has 0 heterocycles. The van der Waals surface area contributed by atoms with Gasteiger partial charge in [0.25, 0.3) is 0 Å². The molecular weight excluding hydrogens is 166 g/mol. The first kappa shape index (κ1) is 9.86. The number of rotatable bonds is 4. The molecule has 0 radical (unpaired) electrons. The average molecular weight is 181 g/mol. The highest BCUT2D eigenvalue weighted by atomic mass is 16.3. The van der Waals surface area contributed by atoms with Crippen LogP contribution in [-0.2, 0) is 6.61 Å². The molecule has 0 amide bonds. The third kappa shape index (κ3) is 2.63. The zero-order valence-corrected chi connectivity index (χ0v) is 7.75. The summed E-state index contributed by atoms with van der Waals surface area (Å²) in [5.41, 5.74) is 1.49. The van der Waals surface area contributed by atoms with Gasteiger partial charge in [-0.25, -0.2) is 0 Å². The van der Waals surface area contributed by atoms with Crippen LogP contribution in [0.3, 0.4) is 0 Å². The predicted octanol–water partition coefficient (Wildman–Crippen LogP) is 1.71. The van der Waals surface area contributed by atoms with Crippen LogP contribution in [0.4, 0.5) is 5.69 Å². The van der Waals surface area contributed by atoms with Crippen LogP contribution in [0.15, 0.2) is 18.2 Å². The Balaban J connectivity index is 2.74. The monoisotopic (exact) mass is 181 g/mol. The first-order chi connectivity index (χ1) is 6.27. The molecule has 0 bridgehead atoms. The van der Waals surface area contributed by atoms with E-state index in [2.05, 4.69) is 12.2 Å². The molecule has 0 aliphatic rings. The van der Waals surface area contributed by atoms with Crippen LogP contribution in [0.5, 0.6) is 5.75 Å². The molecule has 0 saturated heterocycles. The van der Waals surface area contributed by atoms with Gasteiger partial charge in [0.2, 0.25) is 0 Å². The molecule has 0 atom stereocenters. The third-order valence-corrected chi connectivity index (χ3v) is 1.83. The largest absolute Gasteiger partial charge is 0.508 e. The predicted molar refractivity (Wildman–Crippen MR) is 52.8 cm³/mol. The lowest BCUT2D eigenvalue weighted by Gasteiger charge is -2.07. The number of aromatic hydroxyl groups is 1. The van der Waals surface area contributed by atoms with E-state index < -0.39 is 0 Å². The molecule has 13 heavy (non-hydrogen) atoms. The Labute approximate surface area is 78.0 Å². The van der Waals surface area contributed by atoms with Gasteiger partial charge < -0.3 is 15.5 Å². The number of hydrogen-bond acceptors (Lipinski definition) is 3. The quantitative estimate of drug-likeness (QED) is 0.620. The van der Waals surface area contributed by atoms with Gasteiger partial charge in [-0.2, -0.15) is 0 Å². The summed E-state index contributed by atoms with van der Waals surface area (Å²) >= 11 is 0. The molecule has 0 aliphatic heterocycles. The Morgan fingerprint density at radius 2 is 2.15 bits per heavy atom. The number of phenols is 1. The van der Waals surface area contributed by atoms with Crippen molar-refractivity contribution >= 4 is 5.69 Å². The average Bonchev–Trinajstić information content (AvgIpc) is 2.16. The minimum Gasteiger partial charge on any atom is -0.508 e. The van der Waals surface area contributed by atoms with Gasteiger partial charge in [0, 0.05) is 17.8 Å². The summed E-state index contributed by atoms with van der Waals surface area (Å²) in [6.45, 7) is 2.85. The summed E-state index contributed by atoms with van der Waals surface area (Å²) < 4.78 is 0. The summed E-state index contributed by atoms with van der Waals surface area (Å²) in [4.78, 5) is 0. The Morgan fingerprint density at radius 3 is 2.77 bits per heavy atom. The van der Waals surface area contributed by atoms with Crippen molar-refractivity contribution in [3.63, 3.8) is 0 Å².